The maximum atomic E-state index is 4.24. The lowest BCUT2D eigenvalue weighted by Crippen LogP contribution is -2.42. The van der Waals surface area contributed by atoms with Crippen LogP contribution in [0, 0.1) is 0 Å². The number of nitrogens with zero attached hydrogens (tertiary/aromatic N) is 3. The molecule has 100 valence electrons. The van der Waals surface area contributed by atoms with E-state index in [-0.39, 0.29) is 5.54 Å². The van der Waals surface area contributed by atoms with Gasteiger partial charge >= 0.3 is 0 Å². The van der Waals surface area contributed by atoms with Gasteiger partial charge in [0.1, 0.15) is 11.5 Å². The average Bonchev–Trinajstić information content (AvgIpc) is 2.47. The molecule has 0 unspecified atom stereocenters. The summed E-state index contributed by atoms with van der Waals surface area (Å²) in [6, 6.07) is 9.58. The Hall–Kier alpha value is -2.01. The first-order valence-electron chi connectivity index (χ1n) is 6.29. The van der Waals surface area contributed by atoms with Crippen molar-refractivity contribution in [1.29, 1.82) is 0 Å². The Balaban J connectivity index is 2.03. The highest BCUT2D eigenvalue weighted by atomic mass is 15.2. The number of hydrogen-bond donors (Lipinski definition) is 2. The summed E-state index contributed by atoms with van der Waals surface area (Å²) in [6.07, 6.45) is 1.75. The van der Waals surface area contributed by atoms with Crippen LogP contribution in [-0.2, 0) is 0 Å². The molecule has 0 fully saturated rings. The summed E-state index contributed by atoms with van der Waals surface area (Å²) >= 11 is 0. The molecule has 0 atom stereocenters. The first-order chi connectivity index (χ1) is 9.11. The Bertz CT molecular complexity index is 507. The van der Waals surface area contributed by atoms with E-state index in [1.54, 1.807) is 6.20 Å². The number of pyridine rings is 1. The largest absolute Gasteiger partial charge is 0.367 e. The van der Waals surface area contributed by atoms with Crippen LogP contribution < -0.4 is 10.6 Å². The Morgan fingerprint density at radius 3 is 2.47 bits per heavy atom. The summed E-state index contributed by atoms with van der Waals surface area (Å²) in [6.45, 7) is 5.02. The van der Waals surface area contributed by atoms with Crippen LogP contribution in [0.1, 0.15) is 13.8 Å². The lowest BCUT2D eigenvalue weighted by molar-refractivity contribution is 0.447. The predicted octanol–water partition coefficient (Wildman–Crippen LogP) is 1.95. The first-order valence-corrected chi connectivity index (χ1v) is 6.29. The maximum Gasteiger partial charge on any atom is 0.148 e. The van der Waals surface area contributed by atoms with Crippen LogP contribution in [0.25, 0.3) is 11.4 Å². The van der Waals surface area contributed by atoms with Crippen LogP contribution in [0.15, 0.2) is 36.5 Å². The zero-order valence-electron chi connectivity index (χ0n) is 11.5. The molecule has 0 amide bonds. The quantitative estimate of drug-likeness (QED) is 0.857. The minimum Gasteiger partial charge on any atom is -0.367 e. The van der Waals surface area contributed by atoms with Gasteiger partial charge in [-0.25, -0.2) is 0 Å². The Morgan fingerprint density at radius 1 is 1.05 bits per heavy atom. The van der Waals surface area contributed by atoms with E-state index in [0.29, 0.717) is 0 Å². The second-order valence-electron chi connectivity index (χ2n) is 5.01. The van der Waals surface area contributed by atoms with Crippen LogP contribution in [-0.4, -0.2) is 34.3 Å². The molecule has 0 aliphatic rings. The summed E-state index contributed by atoms with van der Waals surface area (Å²) in [4.78, 5) is 4.24. The van der Waals surface area contributed by atoms with Crippen LogP contribution in [0.4, 0.5) is 5.82 Å². The molecule has 0 radical (unpaired) electrons. The standard InChI is InChI=1S/C14H19N5/c1-14(2,15-3)10-17-13-8-7-12(18-19-13)11-6-4-5-9-16-11/h4-9,15H,10H2,1-3H3,(H,17,19). The Kier molecular flexibility index (Phi) is 4.06. The van der Waals surface area contributed by atoms with Gasteiger partial charge in [0, 0.05) is 18.3 Å². The van der Waals surface area contributed by atoms with Crippen LogP contribution in [0.2, 0.25) is 0 Å². The van der Waals surface area contributed by atoms with Gasteiger partial charge in [-0.15, -0.1) is 10.2 Å². The molecular formula is C14H19N5. The molecule has 0 aromatic carbocycles. The van der Waals surface area contributed by atoms with E-state index >= 15 is 0 Å². The van der Waals surface area contributed by atoms with Crippen LogP contribution in [0.5, 0.6) is 0 Å². The second-order valence-corrected chi connectivity index (χ2v) is 5.01. The van der Waals surface area contributed by atoms with Crippen molar-refractivity contribution in [2.24, 2.45) is 0 Å². The summed E-state index contributed by atoms with van der Waals surface area (Å²) in [5.74, 6) is 0.767. The predicted molar refractivity (Wildman–Crippen MR) is 76.9 cm³/mol. The monoisotopic (exact) mass is 257 g/mol. The van der Waals surface area contributed by atoms with Gasteiger partial charge in [-0.1, -0.05) is 6.07 Å². The summed E-state index contributed by atoms with van der Waals surface area (Å²) in [5, 5.41) is 14.8. The van der Waals surface area contributed by atoms with Crippen molar-refractivity contribution in [2.75, 3.05) is 18.9 Å². The second kappa shape index (κ2) is 5.75. The van der Waals surface area contributed by atoms with Crippen molar-refractivity contribution < 1.29 is 0 Å². The van der Waals surface area contributed by atoms with E-state index in [4.69, 9.17) is 0 Å². The number of hydrogen-bond acceptors (Lipinski definition) is 5. The molecule has 2 rings (SSSR count). The highest BCUT2D eigenvalue weighted by molar-refractivity contribution is 5.54. The molecule has 0 aliphatic carbocycles. The van der Waals surface area contributed by atoms with Crippen LogP contribution >= 0.6 is 0 Å². The van der Waals surface area contributed by atoms with Gasteiger partial charge in [0.15, 0.2) is 0 Å². The van der Waals surface area contributed by atoms with Gasteiger partial charge in [-0.05, 0) is 45.2 Å². The third-order valence-corrected chi connectivity index (χ3v) is 2.98. The number of rotatable bonds is 5. The zero-order chi connectivity index (χ0) is 13.7. The minimum atomic E-state index is 0.0152. The van der Waals surface area contributed by atoms with E-state index in [1.165, 1.54) is 0 Å². The molecule has 5 heteroatoms. The van der Waals surface area contributed by atoms with E-state index < -0.39 is 0 Å². The van der Waals surface area contributed by atoms with Crippen molar-refractivity contribution in [3.63, 3.8) is 0 Å². The molecule has 5 nitrogen and oxygen atoms in total. The third-order valence-electron chi connectivity index (χ3n) is 2.98. The van der Waals surface area contributed by atoms with Crippen molar-refractivity contribution in [2.45, 2.75) is 19.4 Å². The van der Waals surface area contributed by atoms with Gasteiger partial charge in [0.05, 0.1) is 5.69 Å². The summed E-state index contributed by atoms with van der Waals surface area (Å²) < 4.78 is 0. The number of likely N-dealkylation sites (N-methyl/N-ethyl adjacent to an activating group) is 1. The van der Waals surface area contributed by atoms with Gasteiger partial charge in [0.2, 0.25) is 0 Å². The molecule has 0 bridgehead atoms. The summed E-state index contributed by atoms with van der Waals surface area (Å²) in [5.41, 5.74) is 1.62. The molecule has 19 heavy (non-hydrogen) atoms. The lowest BCUT2D eigenvalue weighted by atomic mass is 10.1. The van der Waals surface area contributed by atoms with E-state index in [1.807, 2.05) is 37.4 Å². The van der Waals surface area contributed by atoms with Gasteiger partial charge < -0.3 is 10.6 Å². The van der Waals surface area contributed by atoms with Crippen molar-refractivity contribution >= 4 is 5.82 Å². The van der Waals surface area contributed by atoms with Crippen LogP contribution in [0.3, 0.4) is 0 Å². The topological polar surface area (TPSA) is 62.7 Å². The molecule has 0 spiro atoms. The first kappa shape index (κ1) is 13.4. The minimum absolute atomic E-state index is 0.0152. The molecular weight excluding hydrogens is 238 g/mol. The average molecular weight is 257 g/mol. The molecule has 0 saturated carbocycles. The highest BCUT2D eigenvalue weighted by Gasteiger charge is 2.14. The van der Waals surface area contributed by atoms with Gasteiger partial charge in [-0.3, -0.25) is 4.98 Å². The number of aromatic nitrogens is 3. The zero-order valence-corrected chi connectivity index (χ0v) is 11.5. The summed E-state index contributed by atoms with van der Waals surface area (Å²) in [7, 11) is 1.94. The molecule has 2 aromatic rings. The normalized spacial score (nSPS) is 11.3. The van der Waals surface area contributed by atoms with E-state index in [9.17, 15) is 0 Å². The third kappa shape index (κ3) is 3.72. The van der Waals surface area contributed by atoms with Gasteiger partial charge in [-0.2, -0.15) is 0 Å². The smallest absolute Gasteiger partial charge is 0.148 e. The highest BCUT2D eigenvalue weighted by Crippen LogP contribution is 2.14. The molecule has 0 aliphatic heterocycles. The molecule has 2 heterocycles. The Morgan fingerprint density at radius 2 is 1.89 bits per heavy atom. The van der Waals surface area contributed by atoms with Gasteiger partial charge in [0.25, 0.3) is 0 Å². The molecule has 2 aromatic heterocycles. The van der Waals surface area contributed by atoms with Crippen molar-refractivity contribution in [3.8, 4) is 11.4 Å². The fraction of sp³-hybridized carbons (Fsp3) is 0.357. The number of nitrogens with one attached hydrogen (secondary N) is 2. The fourth-order valence-corrected chi connectivity index (χ4v) is 1.48. The Labute approximate surface area is 113 Å². The SMILES string of the molecule is CNC(C)(C)CNc1ccc(-c2ccccn2)nn1. The fourth-order valence-electron chi connectivity index (χ4n) is 1.48. The lowest BCUT2D eigenvalue weighted by Gasteiger charge is -2.24. The van der Waals surface area contributed by atoms with Crippen molar-refractivity contribution in [1.82, 2.24) is 20.5 Å². The number of anilines is 1. The maximum absolute atomic E-state index is 4.24. The molecule has 0 saturated heterocycles. The van der Waals surface area contributed by atoms with E-state index in [2.05, 4.69) is 39.7 Å². The van der Waals surface area contributed by atoms with Crippen molar-refractivity contribution in [3.05, 3.63) is 36.5 Å². The van der Waals surface area contributed by atoms with E-state index in [0.717, 1.165) is 23.8 Å². The molecule has 2 N–H and O–H groups in total.